The molecule has 1 aromatic carbocycles. The quantitative estimate of drug-likeness (QED) is 0.576. The molecule has 1 aromatic rings. The summed E-state index contributed by atoms with van der Waals surface area (Å²) in [4.78, 5) is 40.2. The Labute approximate surface area is 170 Å². The number of urea groups is 1. The first-order valence-electron chi connectivity index (χ1n) is 10.3. The van der Waals surface area contributed by atoms with Crippen molar-refractivity contribution in [3.63, 3.8) is 0 Å². The van der Waals surface area contributed by atoms with Crippen molar-refractivity contribution in [2.24, 2.45) is 16.8 Å². The maximum Gasteiger partial charge on any atom is 0.341 e. The smallest absolute Gasteiger partial charge is 0.341 e. The Morgan fingerprint density at radius 3 is 2.45 bits per heavy atom. The van der Waals surface area contributed by atoms with Crippen LogP contribution in [0.4, 0.5) is 4.79 Å². The standard InChI is InChI=1S/C22H28N2O5/c1-3-18-19(21(26)28-13-15-7-5-4-6-8-15)20(24-22(27)23-18)16-9-11-17(12-10-16)29-14(2)25/h9-12,15,19-20H,3-8,13H2,1-2H3,(H,24,27). The highest BCUT2D eigenvalue weighted by molar-refractivity contribution is 6.09. The lowest BCUT2D eigenvalue weighted by Gasteiger charge is -2.31. The summed E-state index contributed by atoms with van der Waals surface area (Å²) in [7, 11) is 0. The van der Waals surface area contributed by atoms with E-state index in [0.717, 1.165) is 18.4 Å². The lowest BCUT2D eigenvalue weighted by atomic mass is 9.86. The Balaban J connectivity index is 1.77. The van der Waals surface area contributed by atoms with Gasteiger partial charge in [0.1, 0.15) is 11.7 Å². The van der Waals surface area contributed by atoms with Crippen LogP contribution in [0.15, 0.2) is 29.3 Å². The summed E-state index contributed by atoms with van der Waals surface area (Å²) in [6, 6.07) is 5.73. The molecule has 1 aliphatic carbocycles. The Morgan fingerprint density at radius 2 is 1.83 bits per heavy atom. The molecule has 1 N–H and O–H groups in total. The number of nitrogens with one attached hydrogen (secondary N) is 1. The van der Waals surface area contributed by atoms with Crippen molar-refractivity contribution in [1.29, 1.82) is 0 Å². The minimum Gasteiger partial charge on any atom is -0.465 e. The van der Waals surface area contributed by atoms with Gasteiger partial charge >= 0.3 is 18.0 Å². The lowest BCUT2D eigenvalue weighted by Crippen LogP contribution is -2.45. The highest BCUT2D eigenvalue weighted by Crippen LogP contribution is 2.31. The zero-order valence-electron chi connectivity index (χ0n) is 17.0. The summed E-state index contributed by atoms with van der Waals surface area (Å²) in [6.07, 6.45) is 6.27. The molecule has 2 aliphatic rings. The third-order valence-electron chi connectivity index (χ3n) is 5.52. The molecular formula is C22H28N2O5. The molecule has 1 heterocycles. The van der Waals surface area contributed by atoms with Crippen LogP contribution in [-0.2, 0) is 14.3 Å². The lowest BCUT2D eigenvalue weighted by molar-refractivity contribution is -0.148. The van der Waals surface area contributed by atoms with Gasteiger partial charge in [0, 0.05) is 12.6 Å². The van der Waals surface area contributed by atoms with Crippen molar-refractivity contribution < 1.29 is 23.9 Å². The van der Waals surface area contributed by atoms with Gasteiger partial charge in [-0.15, -0.1) is 0 Å². The van der Waals surface area contributed by atoms with E-state index in [1.54, 1.807) is 24.3 Å². The van der Waals surface area contributed by atoms with Gasteiger partial charge in [-0.2, -0.15) is 0 Å². The highest BCUT2D eigenvalue weighted by Gasteiger charge is 2.39. The molecule has 0 aromatic heterocycles. The first-order chi connectivity index (χ1) is 14.0. The number of carbonyl (C=O) groups excluding carboxylic acids is 3. The highest BCUT2D eigenvalue weighted by atomic mass is 16.5. The summed E-state index contributed by atoms with van der Waals surface area (Å²) in [5.41, 5.74) is 1.26. The Bertz CT molecular complexity index is 781. The van der Waals surface area contributed by atoms with Gasteiger partial charge in [-0.05, 0) is 42.9 Å². The van der Waals surface area contributed by atoms with E-state index in [0.29, 0.717) is 30.4 Å². The van der Waals surface area contributed by atoms with Gasteiger partial charge in [-0.25, -0.2) is 9.79 Å². The average molecular weight is 400 g/mol. The van der Waals surface area contributed by atoms with Crippen molar-refractivity contribution in [3.8, 4) is 5.75 Å². The van der Waals surface area contributed by atoms with E-state index < -0.39 is 24.0 Å². The van der Waals surface area contributed by atoms with E-state index in [1.165, 1.54) is 26.2 Å². The predicted octanol–water partition coefficient (Wildman–Crippen LogP) is 3.97. The number of carbonyl (C=O) groups is 3. The van der Waals surface area contributed by atoms with Crippen LogP contribution in [0.5, 0.6) is 5.75 Å². The molecule has 1 fully saturated rings. The van der Waals surface area contributed by atoms with Crippen LogP contribution in [0.3, 0.4) is 0 Å². The van der Waals surface area contributed by atoms with Crippen molar-refractivity contribution in [3.05, 3.63) is 29.8 Å². The Morgan fingerprint density at radius 1 is 1.14 bits per heavy atom. The second-order valence-electron chi connectivity index (χ2n) is 7.66. The average Bonchev–Trinajstić information content (AvgIpc) is 2.72. The largest absolute Gasteiger partial charge is 0.465 e. The molecule has 0 saturated heterocycles. The fourth-order valence-electron chi connectivity index (χ4n) is 4.04. The molecule has 156 valence electrons. The topological polar surface area (TPSA) is 94.1 Å². The molecule has 0 spiro atoms. The van der Waals surface area contributed by atoms with Crippen molar-refractivity contribution in [1.82, 2.24) is 5.32 Å². The molecule has 7 heteroatoms. The molecule has 2 atom stereocenters. The van der Waals surface area contributed by atoms with Crippen molar-refractivity contribution >= 4 is 23.7 Å². The number of aliphatic imine (C=N–C) groups is 1. The van der Waals surface area contributed by atoms with Gasteiger partial charge in [0.05, 0.1) is 12.6 Å². The molecule has 1 saturated carbocycles. The molecule has 0 radical (unpaired) electrons. The van der Waals surface area contributed by atoms with Gasteiger partial charge < -0.3 is 14.8 Å². The third-order valence-corrected chi connectivity index (χ3v) is 5.52. The number of hydrogen-bond donors (Lipinski definition) is 1. The fourth-order valence-corrected chi connectivity index (χ4v) is 4.04. The van der Waals surface area contributed by atoms with Crippen LogP contribution in [0.1, 0.15) is 64.0 Å². The molecule has 2 amide bonds. The zero-order valence-corrected chi connectivity index (χ0v) is 17.0. The third kappa shape index (κ3) is 5.43. The van der Waals surface area contributed by atoms with E-state index in [4.69, 9.17) is 9.47 Å². The molecule has 3 rings (SSSR count). The van der Waals surface area contributed by atoms with Crippen LogP contribution in [0.2, 0.25) is 0 Å². The minimum absolute atomic E-state index is 0.356. The number of ether oxygens (including phenoxy) is 2. The van der Waals surface area contributed by atoms with Crippen LogP contribution < -0.4 is 10.1 Å². The van der Waals surface area contributed by atoms with Crippen LogP contribution in [0, 0.1) is 11.8 Å². The van der Waals surface area contributed by atoms with Gasteiger partial charge in [-0.1, -0.05) is 38.3 Å². The number of hydrogen-bond acceptors (Lipinski definition) is 5. The Hall–Kier alpha value is -2.70. The van der Waals surface area contributed by atoms with Crippen molar-refractivity contribution in [2.45, 2.75) is 58.4 Å². The molecule has 7 nitrogen and oxygen atoms in total. The normalized spacial score (nSPS) is 22.4. The van der Waals surface area contributed by atoms with E-state index in [-0.39, 0.29) is 5.97 Å². The SMILES string of the molecule is CCC1=NC(=O)NC(c2ccc(OC(C)=O)cc2)C1C(=O)OCC1CCCCC1. The monoisotopic (exact) mass is 400 g/mol. The van der Waals surface area contributed by atoms with Gasteiger partial charge in [0.15, 0.2) is 0 Å². The molecule has 2 unspecified atom stereocenters. The summed E-state index contributed by atoms with van der Waals surface area (Å²) in [6.45, 7) is 3.62. The number of nitrogens with zero attached hydrogens (tertiary/aromatic N) is 1. The van der Waals surface area contributed by atoms with Gasteiger partial charge in [0.2, 0.25) is 0 Å². The first-order valence-corrected chi connectivity index (χ1v) is 10.3. The second-order valence-corrected chi connectivity index (χ2v) is 7.66. The fraction of sp³-hybridized carbons (Fsp3) is 0.545. The van der Waals surface area contributed by atoms with Crippen LogP contribution >= 0.6 is 0 Å². The summed E-state index contributed by atoms with van der Waals surface area (Å²) >= 11 is 0. The van der Waals surface area contributed by atoms with Crippen LogP contribution in [0.25, 0.3) is 0 Å². The Kier molecular flexibility index (Phi) is 7.01. The first kappa shape index (κ1) is 21.0. The van der Waals surface area contributed by atoms with Gasteiger partial charge in [-0.3, -0.25) is 9.59 Å². The van der Waals surface area contributed by atoms with E-state index in [9.17, 15) is 14.4 Å². The van der Waals surface area contributed by atoms with E-state index in [1.807, 2.05) is 6.92 Å². The van der Waals surface area contributed by atoms with Crippen molar-refractivity contribution in [2.75, 3.05) is 6.61 Å². The summed E-state index contributed by atoms with van der Waals surface area (Å²) in [5.74, 6) is -0.613. The van der Waals surface area contributed by atoms with E-state index >= 15 is 0 Å². The summed E-state index contributed by atoms with van der Waals surface area (Å²) < 4.78 is 10.7. The molecule has 0 bridgehead atoms. The molecule has 1 aliphatic heterocycles. The zero-order chi connectivity index (χ0) is 20.8. The second kappa shape index (κ2) is 9.67. The number of rotatable bonds is 6. The molecular weight excluding hydrogens is 372 g/mol. The van der Waals surface area contributed by atoms with Crippen LogP contribution in [-0.4, -0.2) is 30.3 Å². The maximum absolute atomic E-state index is 13.0. The minimum atomic E-state index is -0.666. The molecule has 29 heavy (non-hydrogen) atoms. The maximum atomic E-state index is 13.0. The van der Waals surface area contributed by atoms with E-state index in [2.05, 4.69) is 10.3 Å². The predicted molar refractivity (Wildman–Crippen MR) is 108 cm³/mol. The summed E-state index contributed by atoms with van der Waals surface area (Å²) in [5, 5.41) is 2.79. The number of esters is 2. The number of amides is 2. The number of benzene rings is 1. The van der Waals surface area contributed by atoms with Gasteiger partial charge in [0.25, 0.3) is 0 Å².